The molecular weight excluding hydrogens is 388 g/mol. The van der Waals surface area contributed by atoms with Gasteiger partial charge in [-0.15, -0.1) is 0 Å². The number of fused-ring (bicyclic) bond motifs is 3. The maximum atomic E-state index is 13.3. The number of aromatic nitrogens is 1. The summed E-state index contributed by atoms with van der Waals surface area (Å²) in [6.45, 7) is 0. The Bertz CT molecular complexity index is 1340. The summed E-state index contributed by atoms with van der Waals surface area (Å²) < 4.78 is 26.5. The summed E-state index contributed by atoms with van der Waals surface area (Å²) in [5.41, 5.74) is -0.275. The number of hydrogen-bond acceptors (Lipinski definition) is 5. The quantitative estimate of drug-likeness (QED) is 0.281. The number of nitro groups is 1. The van der Waals surface area contributed by atoms with Crippen molar-refractivity contribution in [3.05, 3.63) is 82.0 Å². The normalized spacial score (nSPS) is 11.7. The van der Waals surface area contributed by atoms with Crippen LogP contribution in [-0.2, 0) is 9.84 Å². The van der Waals surface area contributed by atoms with Gasteiger partial charge in [-0.1, -0.05) is 48.0 Å². The van der Waals surface area contributed by atoms with Gasteiger partial charge in [0.05, 0.1) is 15.3 Å². The van der Waals surface area contributed by atoms with Crippen LogP contribution in [0.1, 0.15) is 0 Å². The van der Waals surface area contributed by atoms with E-state index < -0.39 is 25.3 Å². The van der Waals surface area contributed by atoms with Crippen LogP contribution in [-0.4, -0.2) is 18.3 Å². The van der Waals surface area contributed by atoms with Crippen LogP contribution in [0.4, 0.5) is 5.69 Å². The summed E-state index contributed by atoms with van der Waals surface area (Å²) in [5, 5.41) is 13.7. The molecule has 1 aromatic heterocycles. The molecule has 0 radical (unpaired) electrons. The molecule has 0 amide bonds. The Kier molecular flexibility index (Phi) is 4.05. The van der Waals surface area contributed by atoms with Crippen molar-refractivity contribution in [2.75, 3.05) is 0 Å². The van der Waals surface area contributed by atoms with Crippen LogP contribution >= 0.6 is 11.6 Å². The molecule has 0 atom stereocenters. The van der Waals surface area contributed by atoms with Crippen LogP contribution in [0.2, 0.25) is 5.02 Å². The second-order valence-corrected chi connectivity index (χ2v) is 8.20. The van der Waals surface area contributed by atoms with Gasteiger partial charge in [0.2, 0.25) is 9.84 Å². The molecule has 4 aromatic rings. The molecule has 27 heavy (non-hydrogen) atoms. The summed E-state index contributed by atoms with van der Waals surface area (Å²) in [7, 11) is -4.22. The molecule has 0 saturated heterocycles. The van der Waals surface area contributed by atoms with Crippen molar-refractivity contribution in [1.29, 1.82) is 0 Å². The molecule has 0 N–H and O–H groups in total. The van der Waals surface area contributed by atoms with Crippen molar-refractivity contribution in [2.45, 2.75) is 9.79 Å². The topological polar surface area (TPSA) is 90.2 Å². The number of para-hydroxylation sites is 1. The molecule has 0 aliphatic heterocycles. The Labute approximate surface area is 159 Å². The lowest BCUT2D eigenvalue weighted by atomic mass is 10.1. The highest BCUT2D eigenvalue weighted by atomic mass is 35.5. The second-order valence-electron chi connectivity index (χ2n) is 5.87. The highest BCUT2D eigenvalue weighted by molar-refractivity contribution is 7.91. The smallest absolute Gasteiger partial charge is 0.258 e. The van der Waals surface area contributed by atoms with Gasteiger partial charge in [0.1, 0.15) is 4.90 Å². The lowest BCUT2D eigenvalue weighted by Gasteiger charge is -2.11. The lowest BCUT2D eigenvalue weighted by Crippen LogP contribution is -2.07. The van der Waals surface area contributed by atoms with Crippen molar-refractivity contribution in [3.8, 4) is 0 Å². The maximum absolute atomic E-state index is 13.3. The number of sulfone groups is 1. The van der Waals surface area contributed by atoms with Crippen LogP contribution < -0.4 is 0 Å². The maximum Gasteiger partial charge on any atom is 0.288 e. The van der Waals surface area contributed by atoms with Crippen molar-refractivity contribution in [2.24, 2.45) is 0 Å². The van der Waals surface area contributed by atoms with Crippen molar-refractivity contribution < 1.29 is 13.3 Å². The monoisotopic (exact) mass is 398 g/mol. The third-order valence-corrected chi connectivity index (χ3v) is 6.30. The van der Waals surface area contributed by atoms with Gasteiger partial charge >= 0.3 is 0 Å². The number of pyridine rings is 1. The van der Waals surface area contributed by atoms with Crippen LogP contribution in [0.5, 0.6) is 0 Å². The van der Waals surface area contributed by atoms with E-state index >= 15 is 0 Å². The Morgan fingerprint density at radius 2 is 1.63 bits per heavy atom. The summed E-state index contributed by atoms with van der Waals surface area (Å²) >= 11 is 6.19. The van der Waals surface area contributed by atoms with E-state index in [9.17, 15) is 18.5 Å². The zero-order valence-corrected chi connectivity index (χ0v) is 15.2. The molecule has 0 aliphatic rings. The summed E-state index contributed by atoms with van der Waals surface area (Å²) in [5.74, 6) is 0. The molecule has 0 unspecified atom stereocenters. The minimum atomic E-state index is -4.22. The number of halogens is 1. The minimum Gasteiger partial charge on any atom is -0.258 e. The van der Waals surface area contributed by atoms with E-state index in [0.29, 0.717) is 5.39 Å². The molecule has 6 nitrogen and oxygen atoms in total. The SMILES string of the molecule is O=[N+]([O-])c1ccccc1S(=O)(=O)c1cc(Cl)cc2c1ncc1ccccc12. The zero-order valence-electron chi connectivity index (χ0n) is 13.7. The second kappa shape index (κ2) is 6.29. The number of benzene rings is 3. The van der Waals surface area contributed by atoms with Gasteiger partial charge in [-0.3, -0.25) is 15.1 Å². The van der Waals surface area contributed by atoms with E-state index in [-0.39, 0.29) is 15.4 Å². The number of hydrogen-bond donors (Lipinski definition) is 0. The fourth-order valence-electron chi connectivity index (χ4n) is 3.06. The van der Waals surface area contributed by atoms with Gasteiger partial charge in [0.15, 0.2) is 0 Å². The molecule has 0 bridgehead atoms. The van der Waals surface area contributed by atoms with E-state index in [1.54, 1.807) is 12.3 Å². The van der Waals surface area contributed by atoms with Gasteiger partial charge in [-0.25, -0.2) is 8.42 Å². The molecule has 3 aromatic carbocycles. The van der Waals surface area contributed by atoms with E-state index in [1.807, 2.05) is 24.3 Å². The average Bonchev–Trinajstić information content (AvgIpc) is 2.67. The Balaban J connectivity index is 2.10. The molecule has 4 rings (SSSR count). The Morgan fingerprint density at radius 3 is 2.41 bits per heavy atom. The predicted molar refractivity (Wildman–Crippen MR) is 103 cm³/mol. The summed E-state index contributed by atoms with van der Waals surface area (Å²) in [6, 6.07) is 15.5. The fraction of sp³-hybridized carbons (Fsp3) is 0. The first-order valence-corrected chi connectivity index (χ1v) is 9.71. The van der Waals surface area contributed by atoms with Crippen LogP contribution in [0.25, 0.3) is 21.7 Å². The lowest BCUT2D eigenvalue weighted by molar-refractivity contribution is -0.387. The van der Waals surface area contributed by atoms with Crippen molar-refractivity contribution in [3.63, 3.8) is 0 Å². The largest absolute Gasteiger partial charge is 0.288 e. The third kappa shape index (κ3) is 2.81. The van der Waals surface area contributed by atoms with Crippen molar-refractivity contribution >= 4 is 48.8 Å². The van der Waals surface area contributed by atoms with E-state index in [2.05, 4.69) is 4.98 Å². The van der Waals surface area contributed by atoms with Gasteiger partial charge in [-0.2, -0.15) is 0 Å². The summed E-state index contributed by atoms with van der Waals surface area (Å²) in [6.07, 6.45) is 1.57. The van der Waals surface area contributed by atoms with Gasteiger partial charge in [0, 0.05) is 28.1 Å². The first-order valence-electron chi connectivity index (χ1n) is 7.85. The molecular formula is C19H11ClN2O4S. The third-order valence-electron chi connectivity index (χ3n) is 4.26. The van der Waals surface area contributed by atoms with Crippen molar-refractivity contribution in [1.82, 2.24) is 4.98 Å². The molecule has 134 valence electrons. The average molecular weight is 399 g/mol. The van der Waals surface area contributed by atoms with E-state index in [1.165, 1.54) is 24.3 Å². The first kappa shape index (κ1) is 17.4. The van der Waals surface area contributed by atoms with Crippen LogP contribution in [0.15, 0.2) is 76.7 Å². The number of nitrogens with zero attached hydrogens (tertiary/aromatic N) is 2. The highest BCUT2D eigenvalue weighted by Crippen LogP contribution is 2.36. The molecule has 0 fully saturated rings. The number of rotatable bonds is 3. The molecule has 8 heteroatoms. The standard InChI is InChI=1S/C19H11ClN2O4S/c20-13-9-15-14-6-2-1-5-12(14)11-21-19(15)18(10-13)27(25,26)17-8-4-3-7-16(17)22(23)24/h1-11H. The van der Waals surface area contributed by atoms with Gasteiger partial charge in [0.25, 0.3) is 5.69 Å². The Hall–Kier alpha value is -3.03. The molecule has 0 spiro atoms. The fourth-order valence-corrected chi connectivity index (χ4v) is 4.96. The number of nitro benzene ring substituents is 1. The van der Waals surface area contributed by atoms with Gasteiger partial charge in [-0.05, 0) is 23.6 Å². The van der Waals surface area contributed by atoms with Crippen LogP contribution in [0, 0.1) is 10.1 Å². The predicted octanol–water partition coefficient (Wildman–Crippen LogP) is 4.78. The summed E-state index contributed by atoms with van der Waals surface area (Å²) in [4.78, 5) is 14.3. The Morgan fingerprint density at radius 1 is 0.926 bits per heavy atom. The first-order chi connectivity index (χ1) is 12.9. The molecule has 0 saturated carbocycles. The van der Waals surface area contributed by atoms with Gasteiger partial charge < -0.3 is 0 Å². The van der Waals surface area contributed by atoms with Crippen LogP contribution in [0.3, 0.4) is 0 Å². The van der Waals surface area contributed by atoms with E-state index in [4.69, 9.17) is 11.6 Å². The zero-order chi connectivity index (χ0) is 19.2. The van der Waals surface area contributed by atoms with E-state index in [0.717, 1.165) is 16.8 Å². The molecule has 1 heterocycles. The molecule has 0 aliphatic carbocycles. The highest BCUT2D eigenvalue weighted by Gasteiger charge is 2.29. The minimum absolute atomic E-state index is 0.162.